The third-order valence-electron chi connectivity index (χ3n) is 10.7. The quantitative estimate of drug-likeness (QED) is 0.353. The monoisotopic (exact) mass is 757 g/mol. The summed E-state index contributed by atoms with van der Waals surface area (Å²) in [5, 5.41) is 9.26. The number of amides is 4. The van der Waals surface area contributed by atoms with E-state index in [0.717, 1.165) is 49.8 Å². The average molecular weight is 758 g/mol. The molecule has 4 amide bonds. The molecule has 1 aliphatic carbocycles. The smallest absolute Gasteiger partial charge is 0.416 e. The number of carbonyl (C=O) groups excluding carboxylic acids is 3. The van der Waals surface area contributed by atoms with Gasteiger partial charge in [0.25, 0.3) is 11.8 Å². The van der Waals surface area contributed by atoms with E-state index in [9.17, 15) is 37.5 Å². The molecule has 2 aromatic rings. The van der Waals surface area contributed by atoms with Crippen molar-refractivity contribution in [2.45, 2.75) is 83.1 Å². The van der Waals surface area contributed by atoms with Crippen molar-refractivity contribution in [3.63, 3.8) is 0 Å². The number of alkyl halides is 3. The van der Waals surface area contributed by atoms with E-state index in [2.05, 4.69) is 0 Å². The standard InChI is InChI=1S/C39H50F3N5O7/c1-38(2,3)54-37(52)47-12-11-31(25-47)53-33-10-9-27(23-32(33)26-7-5-4-6-8-26)34(48)44-15-17-45(18-16-44)35(49)28-21-29(39(40,41)42)24-30(22-28)43-13-19-46(20-14-43)36(50)51/h9-10,21-24,26,31H,4-8,11-20,25H2,1-3H3,(H,50,51). The predicted molar refractivity (Wildman–Crippen MR) is 194 cm³/mol. The number of carbonyl (C=O) groups is 4. The maximum atomic E-state index is 14.0. The van der Waals surface area contributed by atoms with Gasteiger partial charge < -0.3 is 39.1 Å². The lowest BCUT2D eigenvalue weighted by Gasteiger charge is -2.36. The van der Waals surface area contributed by atoms with E-state index in [1.54, 1.807) is 20.8 Å². The van der Waals surface area contributed by atoms with Gasteiger partial charge in [-0.1, -0.05) is 19.3 Å². The molecule has 1 saturated carbocycles. The van der Waals surface area contributed by atoms with Crippen molar-refractivity contribution >= 4 is 29.7 Å². The van der Waals surface area contributed by atoms with Crippen LogP contribution in [-0.2, 0) is 10.9 Å². The predicted octanol–water partition coefficient (Wildman–Crippen LogP) is 6.54. The minimum Gasteiger partial charge on any atom is -0.488 e. The Kier molecular flexibility index (Phi) is 11.5. The first kappa shape index (κ1) is 39.0. The summed E-state index contributed by atoms with van der Waals surface area (Å²) in [4.78, 5) is 59.1. The van der Waals surface area contributed by atoms with Gasteiger partial charge in [-0.3, -0.25) is 9.59 Å². The van der Waals surface area contributed by atoms with Gasteiger partial charge in [0, 0.05) is 82.1 Å². The minimum absolute atomic E-state index is 0.107. The Morgan fingerprint density at radius 1 is 0.704 bits per heavy atom. The number of rotatable bonds is 6. The van der Waals surface area contributed by atoms with Crippen LogP contribution in [0.15, 0.2) is 36.4 Å². The number of benzene rings is 2. The average Bonchev–Trinajstić information content (AvgIpc) is 3.62. The molecule has 6 rings (SSSR count). The molecule has 15 heteroatoms. The van der Waals surface area contributed by atoms with Crippen LogP contribution in [0.1, 0.15) is 97.1 Å². The van der Waals surface area contributed by atoms with Crippen LogP contribution in [-0.4, -0.2) is 126 Å². The molecule has 0 radical (unpaired) electrons. The lowest BCUT2D eigenvalue weighted by atomic mass is 9.83. The summed E-state index contributed by atoms with van der Waals surface area (Å²) in [7, 11) is 0. The lowest BCUT2D eigenvalue weighted by molar-refractivity contribution is -0.137. The van der Waals surface area contributed by atoms with Crippen LogP contribution in [0.2, 0.25) is 0 Å². The summed E-state index contributed by atoms with van der Waals surface area (Å²) >= 11 is 0. The van der Waals surface area contributed by atoms with Crippen LogP contribution >= 0.6 is 0 Å². The number of likely N-dealkylation sites (tertiary alicyclic amines) is 1. The molecule has 3 aliphatic heterocycles. The third kappa shape index (κ3) is 9.33. The van der Waals surface area contributed by atoms with Crippen molar-refractivity contribution in [1.29, 1.82) is 0 Å². The van der Waals surface area contributed by atoms with Gasteiger partial charge in [0.2, 0.25) is 0 Å². The van der Waals surface area contributed by atoms with Gasteiger partial charge in [0.15, 0.2) is 0 Å². The first-order chi connectivity index (χ1) is 25.6. The zero-order valence-corrected chi connectivity index (χ0v) is 31.2. The number of ether oxygens (including phenoxy) is 2. The minimum atomic E-state index is -4.69. The number of halogens is 3. The Balaban J connectivity index is 1.12. The summed E-state index contributed by atoms with van der Waals surface area (Å²) in [5.74, 6) is 0.202. The summed E-state index contributed by atoms with van der Waals surface area (Å²) < 4.78 is 53.9. The van der Waals surface area contributed by atoms with Crippen molar-refractivity contribution < 1.29 is 46.9 Å². The summed E-state index contributed by atoms with van der Waals surface area (Å²) in [6.07, 6.45) is -0.375. The van der Waals surface area contributed by atoms with Crippen molar-refractivity contribution in [1.82, 2.24) is 19.6 Å². The van der Waals surface area contributed by atoms with Crippen molar-refractivity contribution in [3.8, 4) is 5.75 Å². The van der Waals surface area contributed by atoms with Crippen LogP contribution in [0.3, 0.4) is 0 Å². The molecule has 0 bridgehead atoms. The van der Waals surface area contributed by atoms with Gasteiger partial charge >= 0.3 is 18.4 Å². The van der Waals surface area contributed by atoms with E-state index in [-0.39, 0.29) is 87.6 Å². The molecule has 4 aliphatic rings. The summed E-state index contributed by atoms with van der Waals surface area (Å²) in [5.41, 5.74) is 0.0493. The van der Waals surface area contributed by atoms with Crippen LogP contribution in [0.5, 0.6) is 5.75 Å². The van der Waals surface area contributed by atoms with E-state index in [0.29, 0.717) is 30.8 Å². The number of nitrogens with zero attached hydrogens (tertiary/aromatic N) is 5. The number of anilines is 1. The zero-order chi connectivity index (χ0) is 38.8. The Morgan fingerprint density at radius 3 is 1.91 bits per heavy atom. The van der Waals surface area contributed by atoms with E-state index in [1.807, 2.05) is 32.9 Å². The van der Waals surface area contributed by atoms with Gasteiger partial charge in [-0.05, 0) is 81.5 Å². The number of hydrogen-bond acceptors (Lipinski definition) is 7. The van der Waals surface area contributed by atoms with Crippen molar-refractivity contribution in [2.24, 2.45) is 0 Å². The summed E-state index contributed by atoms with van der Waals surface area (Å²) in [6.45, 7) is 7.85. The second kappa shape index (κ2) is 16.0. The first-order valence-corrected chi connectivity index (χ1v) is 18.9. The van der Waals surface area contributed by atoms with Gasteiger partial charge in [-0.25, -0.2) is 9.59 Å². The number of hydrogen-bond donors (Lipinski definition) is 1. The number of piperazine rings is 2. The topological polar surface area (TPSA) is 123 Å². The summed E-state index contributed by atoms with van der Waals surface area (Å²) in [6, 6.07) is 8.80. The molecule has 54 heavy (non-hydrogen) atoms. The van der Waals surface area contributed by atoms with E-state index < -0.39 is 29.3 Å². The molecular formula is C39H50F3N5O7. The van der Waals surface area contributed by atoms with Crippen molar-refractivity contribution in [3.05, 3.63) is 58.7 Å². The van der Waals surface area contributed by atoms with Crippen LogP contribution < -0.4 is 9.64 Å². The SMILES string of the molecule is CC(C)(C)OC(=O)N1CCC(Oc2ccc(C(=O)N3CCN(C(=O)c4cc(N5CCN(C(=O)O)CC5)cc(C(F)(F)F)c4)CC3)cc2C2CCCCC2)C1. The first-order valence-electron chi connectivity index (χ1n) is 18.9. The second-order valence-corrected chi connectivity index (χ2v) is 15.6. The number of carboxylic acid groups (broad SMARTS) is 1. The molecule has 1 N–H and O–H groups in total. The molecule has 2 aromatic carbocycles. The molecule has 4 fully saturated rings. The fraction of sp³-hybridized carbons (Fsp3) is 0.590. The van der Waals surface area contributed by atoms with Gasteiger partial charge in [-0.2, -0.15) is 13.2 Å². The maximum absolute atomic E-state index is 14.0. The molecule has 12 nitrogen and oxygen atoms in total. The Bertz CT molecular complexity index is 1710. The maximum Gasteiger partial charge on any atom is 0.416 e. The van der Waals surface area contributed by atoms with E-state index in [1.165, 1.54) is 15.9 Å². The van der Waals surface area contributed by atoms with Gasteiger partial charge in [-0.15, -0.1) is 0 Å². The fourth-order valence-corrected chi connectivity index (χ4v) is 7.73. The van der Waals surface area contributed by atoms with Crippen LogP contribution in [0, 0.1) is 0 Å². The highest BCUT2D eigenvalue weighted by Crippen LogP contribution is 2.39. The van der Waals surface area contributed by atoms with Gasteiger partial charge in [0.05, 0.1) is 12.1 Å². The third-order valence-corrected chi connectivity index (χ3v) is 10.7. The Labute approximate surface area is 313 Å². The van der Waals surface area contributed by atoms with E-state index in [4.69, 9.17) is 9.47 Å². The molecule has 294 valence electrons. The molecule has 1 atom stereocenters. The highest BCUT2D eigenvalue weighted by atomic mass is 19.4. The van der Waals surface area contributed by atoms with E-state index >= 15 is 0 Å². The molecule has 3 saturated heterocycles. The highest BCUT2D eigenvalue weighted by Gasteiger charge is 2.35. The van der Waals surface area contributed by atoms with Crippen LogP contribution in [0.4, 0.5) is 28.4 Å². The Hall–Kier alpha value is -4.69. The Morgan fingerprint density at radius 2 is 1.31 bits per heavy atom. The normalized spacial score (nSPS) is 20.3. The van der Waals surface area contributed by atoms with Crippen LogP contribution in [0.25, 0.3) is 0 Å². The largest absolute Gasteiger partial charge is 0.488 e. The zero-order valence-electron chi connectivity index (χ0n) is 31.2. The van der Waals surface area contributed by atoms with Crippen molar-refractivity contribution in [2.75, 3.05) is 70.3 Å². The molecule has 0 aromatic heterocycles. The lowest BCUT2D eigenvalue weighted by Crippen LogP contribution is -2.50. The molecular weight excluding hydrogens is 707 g/mol. The molecule has 3 heterocycles. The second-order valence-electron chi connectivity index (χ2n) is 15.6. The molecule has 0 spiro atoms. The fourth-order valence-electron chi connectivity index (χ4n) is 7.73. The molecule has 1 unspecified atom stereocenters. The van der Waals surface area contributed by atoms with Gasteiger partial charge in [0.1, 0.15) is 17.5 Å². The highest BCUT2D eigenvalue weighted by molar-refractivity contribution is 5.97.